The summed E-state index contributed by atoms with van der Waals surface area (Å²) in [4.78, 5) is 12.2. The number of ether oxygens (including phenoxy) is 1. The summed E-state index contributed by atoms with van der Waals surface area (Å²) in [6, 6.07) is 7.52. The first-order chi connectivity index (χ1) is 9.70. The molecule has 0 heterocycles. The maximum Gasteiger partial charge on any atom is 0.251 e. The molecule has 1 aliphatic rings. The molecule has 0 aliphatic heterocycles. The van der Waals surface area contributed by atoms with Gasteiger partial charge in [0.15, 0.2) is 0 Å². The Morgan fingerprint density at radius 2 is 2.00 bits per heavy atom. The first-order valence-corrected chi connectivity index (χ1v) is 7.23. The third-order valence-corrected chi connectivity index (χ3v) is 3.93. The Kier molecular flexibility index (Phi) is 5.56. The molecule has 0 unspecified atom stereocenters. The molecule has 1 aromatic rings. The van der Waals surface area contributed by atoms with Gasteiger partial charge in [-0.3, -0.25) is 4.79 Å². The second kappa shape index (κ2) is 7.41. The van der Waals surface area contributed by atoms with Crippen LogP contribution < -0.4 is 5.32 Å². The number of amides is 1. The Hall–Kier alpha value is -1.39. The van der Waals surface area contributed by atoms with Crippen LogP contribution in [0.15, 0.2) is 24.3 Å². The van der Waals surface area contributed by atoms with Crippen molar-refractivity contribution < 1.29 is 14.6 Å². The number of hydrogen-bond acceptors (Lipinski definition) is 3. The van der Waals surface area contributed by atoms with Gasteiger partial charge in [0.25, 0.3) is 5.91 Å². The molecule has 0 saturated heterocycles. The molecular weight excluding hydrogens is 254 g/mol. The van der Waals surface area contributed by atoms with Gasteiger partial charge in [0.1, 0.15) is 0 Å². The summed E-state index contributed by atoms with van der Waals surface area (Å²) in [6.07, 6.45) is 3.52. The maximum atomic E-state index is 12.2. The predicted molar refractivity (Wildman–Crippen MR) is 77.5 cm³/mol. The van der Waals surface area contributed by atoms with E-state index in [0.717, 1.165) is 31.2 Å². The average molecular weight is 277 g/mol. The molecule has 1 fully saturated rings. The van der Waals surface area contributed by atoms with Crippen LogP contribution in [0.2, 0.25) is 0 Å². The zero-order valence-corrected chi connectivity index (χ0v) is 12.0. The maximum absolute atomic E-state index is 12.2. The van der Waals surface area contributed by atoms with Gasteiger partial charge in [-0.15, -0.1) is 0 Å². The van der Waals surface area contributed by atoms with Crippen molar-refractivity contribution in [1.82, 2.24) is 5.32 Å². The van der Waals surface area contributed by atoms with E-state index in [-0.39, 0.29) is 12.0 Å². The highest BCUT2D eigenvalue weighted by Gasteiger charge is 2.20. The van der Waals surface area contributed by atoms with Gasteiger partial charge in [-0.25, -0.2) is 0 Å². The Bertz CT molecular complexity index is 439. The lowest BCUT2D eigenvalue weighted by atomic mass is 9.87. The molecule has 1 aromatic carbocycles. The molecule has 20 heavy (non-hydrogen) atoms. The van der Waals surface area contributed by atoms with Gasteiger partial charge in [-0.05, 0) is 43.2 Å². The van der Waals surface area contributed by atoms with Crippen molar-refractivity contribution in [1.29, 1.82) is 0 Å². The van der Waals surface area contributed by atoms with Gasteiger partial charge in [0.2, 0.25) is 0 Å². The number of rotatable bonds is 5. The largest absolute Gasteiger partial charge is 0.393 e. The molecule has 1 amide bonds. The van der Waals surface area contributed by atoms with Crippen molar-refractivity contribution in [2.45, 2.75) is 38.4 Å². The summed E-state index contributed by atoms with van der Waals surface area (Å²) < 4.78 is 5.12. The van der Waals surface area contributed by atoms with Gasteiger partial charge < -0.3 is 15.2 Å². The molecule has 0 bridgehead atoms. The van der Waals surface area contributed by atoms with Crippen LogP contribution in [-0.2, 0) is 11.3 Å². The number of hydrogen-bond donors (Lipinski definition) is 2. The Balaban J connectivity index is 1.88. The summed E-state index contributed by atoms with van der Waals surface area (Å²) in [6.45, 7) is 1.13. The average Bonchev–Trinajstić information content (AvgIpc) is 2.47. The topological polar surface area (TPSA) is 58.6 Å². The Morgan fingerprint density at radius 1 is 1.30 bits per heavy atom. The minimum absolute atomic E-state index is 0.0382. The lowest BCUT2D eigenvalue weighted by molar-refractivity contribution is 0.0906. The molecule has 2 N–H and O–H groups in total. The highest BCUT2D eigenvalue weighted by molar-refractivity contribution is 5.95. The SMILES string of the molecule is COCc1ccccc1C(=O)NCC1CCC(O)CC1. The molecule has 0 radical (unpaired) electrons. The summed E-state index contributed by atoms with van der Waals surface area (Å²) in [5.41, 5.74) is 1.59. The minimum atomic E-state index is -0.149. The number of carbonyl (C=O) groups excluding carboxylic acids is 1. The molecule has 2 rings (SSSR count). The number of aliphatic hydroxyl groups is 1. The zero-order chi connectivity index (χ0) is 14.4. The fourth-order valence-electron chi connectivity index (χ4n) is 2.70. The van der Waals surface area contributed by atoms with E-state index in [2.05, 4.69) is 5.32 Å². The van der Waals surface area contributed by atoms with Crippen LogP contribution in [0, 0.1) is 5.92 Å². The normalized spacial score (nSPS) is 22.5. The lowest BCUT2D eigenvalue weighted by Gasteiger charge is -2.25. The number of benzene rings is 1. The summed E-state index contributed by atoms with van der Waals surface area (Å²) in [5.74, 6) is 0.445. The monoisotopic (exact) mass is 277 g/mol. The quantitative estimate of drug-likeness (QED) is 0.866. The number of nitrogens with one attached hydrogen (secondary N) is 1. The van der Waals surface area contributed by atoms with Crippen LogP contribution in [0.25, 0.3) is 0 Å². The molecule has 110 valence electrons. The van der Waals surface area contributed by atoms with E-state index in [1.807, 2.05) is 24.3 Å². The van der Waals surface area contributed by atoms with E-state index in [4.69, 9.17) is 4.74 Å². The fraction of sp³-hybridized carbons (Fsp3) is 0.562. The first kappa shape index (κ1) is 15.0. The van der Waals surface area contributed by atoms with Crippen LogP contribution in [0.4, 0.5) is 0 Å². The van der Waals surface area contributed by atoms with Crippen molar-refractivity contribution in [3.05, 3.63) is 35.4 Å². The van der Waals surface area contributed by atoms with E-state index in [0.29, 0.717) is 24.6 Å². The minimum Gasteiger partial charge on any atom is -0.393 e. The van der Waals surface area contributed by atoms with E-state index in [1.165, 1.54) is 0 Å². The van der Waals surface area contributed by atoms with Crippen LogP contribution in [0.3, 0.4) is 0 Å². The molecule has 4 nitrogen and oxygen atoms in total. The number of methoxy groups -OCH3 is 1. The first-order valence-electron chi connectivity index (χ1n) is 7.23. The van der Waals surface area contributed by atoms with Gasteiger partial charge in [0, 0.05) is 19.2 Å². The van der Waals surface area contributed by atoms with Crippen LogP contribution in [-0.4, -0.2) is 30.8 Å². The number of aliphatic hydroxyl groups excluding tert-OH is 1. The van der Waals surface area contributed by atoms with Crippen molar-refractivity contribution in [2.24, 2.45) is 5.92 Å². The lowest BCUT2D eigenvalue weighted by Crippen LogP contribution is -2.32. The highest BCUT2D eigenvalue weighted by atomic mass is 16.5. The third kappa shape index (κ3) is 4.05. The van der Waals surface area contributed by atoms with E-state index >= 15 is 0 Å². The molecule has 1 aliphatic carbocycles. The zero-order valence-electron chi connectivity index (χ0n) is 12.0. The van der Waals surface area contributed by atoms with Crippen LogP contribution in [0.5, 0.6) is 0 Å². The fourth-order valence-corrected chi connectivity index (χ4v) is 2.70. The molecule has 0 atom stereocenters. The third-order valence-electron chi connectivity index (χ3n) is 3.93. The number of carbonyl (C=O) groups is 1. The van der Waals surface area contributed by atoms with Crippen molar-refractivity contribution in [2.75, 3.05) is 13.7 Å². The molecule has 4 heteroatoms. The van der Waals surface area contributed by atoms with Gasteiger partial charge in [-0.2, -0.15) is 0 Å². The van der Waals surface area contributed by atoms with Gasteiger partial charge in [0.05, 0.1) is 12.7 Å². The smallest absolute Gasteiger partial charge is 0.251 e. The van der Waals surface area contributed by atoms with E-state index < -0.39 is 0 Å². The molecule has 1 saturated carbocycles. The second-order valence-electron chi connectivity index (χ2n) is 5.47. The van der Waals surface area contributed by atoms with E-state index in [1.54, 1.807) is 7.11 Å². The van der Waals surface area contributed by atoms with Crippen LogP contribution in [0.1, 0.15) is 41.6 Å². The van der Waals surface area contributed by atoms with Crippen molar-refractivity contribution in [3.8, 4) is 0 Å². The molecular formula is C16H23NO3. The van der Waals surface area contributed by atoms with Crippen LogP contribution >= 0.6 is 0 Å². The standard InChI is InChI=1S/C16H23NO3/c1-20-11-13-4-2-3-5-15(13)16(19)17-10-12-6-8-14(18)9-7-12/h2-5,12,14,18H,6-11H2,1H3,(H,17,19). The summed E-state index contributed by atoms with van der Waals surface area (Å²) in [5, 5.41) is 12.5. The Morgan fingerprint density at radius 3 is 2.70 bits per heavy atom. The molecule has 0 aromatic heterocycles. The molecule has 0 spiro atoms. The highest BCUT2D eigenvalue weighted by Crippen LogP contribution is 2.23. The second-order valence-corrected chi connectivity index (χ2v) is 5.47. The van der Waals surface area contributed by atoms with Gasteiger partial charge in [-0.1, -0.05) is 18.2 Å². The van der Waals surface area contributed by atoms with Crippen molar-refractivity contribution in [3.63, 3.8) is 0 Å². The van der Waals surface area contributed by atoms with E-state index in [9.17, 15) is 9.90 Å². The van der Waals surface area contributed by atoms with Crippen molar-refractivity contribution >= 4 is 5.91 Å². The predicted octanol–water partition coefficient (Wildman–Crippen LogP) is 2.11. The van der Waals surface area contributed by atoms with Gasteiger partial charge >= 0.3 is 0 Å². The summed E-state index contributed by atoms with van der Waals surface area (Å²) >= 11 is 0. The Labute approximate surface area is 120 Å². The summed E-state index contributed by atoms with van der Waals surface area (Å²) in [7, 11) is 1.63.